The third kappa shape index (κ3) is 7.01. The zero-order chi connectivity index (χ0) is 24.5. The fourth-order valence-corrected chi connectivity index (χ4v) is 3.22. The third-order valence-corrected chi connectivity index (χ3v) is 5.09. The number of carbonyl (C=O) groups is 2. The molecule has 0 saturated heterocycles. The van der Waals surface area contributed by atoms with Gasteiger partial charge >= 0.3 is 12.1 Å². The van der Waals surface area contributed by atoms with Crippen LogP contribution in [0.4, 0.5) is 14.9 Å². The van der Waals surface area contributed by atoms with Gasteiger partial charge in [0.1, 0.15) is 12.4 Å². The van der Waals surface area contributed by atoms with Gasteiger partial charge in [-0.05, 0) is 54.8 Å². The lowest BCUT2D eigenvalue weighted by Gasteiger charge is -2.20. The third-order valence-electron chi connectivity index (χ3n) is 5.09. The number of anilines is 1. The monoisotopic (exact) mass is 467 g/mol. The fraction of sp³-hybridized carbons (Fsp3) is 0.240. The van der Waals surface area contributed by atoms with Crippen LogP contribution in [0.2, 0.25) is 0 Å². The van der Waals surface area contributed by atoms with Gasteiger partial charge in [-0.1, -0.05) is 30.3 Å². The molecule has 0 aliphatic heterocycles. The molecule has 34 heavy (non-hydrogen) atoms. The van der Waals surface area contributed by atoms with Crippen LogP contribution in [-0.2, 0) is 20.9 Å². The van der Waals surface area contributed by atoms with E-state index in [2.05, 4.69) is 10.3 Å². The molecule has 0 bridgehead atoms. The minimum atomic E-state index is -1.09. The van der Waals surface area contributed by atoms with Gasteiger partial charge in [-0.2, -0.15) is 0 Å². The van der Waals surface area contributed by atoms with Crippen molar-refractivity contribution in [2.75, 3.05) is 12.3 Å². The molecule has 178 valence electrons. The average molecular weight is 467 g/mol. The highest BCUT2D eigenvalue weighted by molar-refractivity contribution is 5.76. The van der Waals surface area contributed by atoms with E-state index in [1.807, 2.05) is 30.3 Å². The Morgan fingerprint density at radius 2 is 1.91 bits per heavy atom. The molecule has 1 amide bonds. The van der Waals surface area contributed by atoms with E-state index in [-0.39, 0.29) is 19.6 Å². The standard InChI is InChI=1S/C25H26FN3O5/c1-16(24(30)31)33-12-10-22(29-25(32)34-15-17-5-3-2-4-6-17)23-13-18(9-11-28-23)20-14-19(26)7-8-21(20)27/h2-9,11,13-14,16,22H,10,12,15,27H2,1H3,(H,29,32)(H,30,31)/t16?,22-/m0/s1. The molecule has 3 rings (SSSR count). The van der Waals surface area contributed by atoms with Gasteiger partial charge in [0.15, 0.2) is 6.10 Å². The molecular formula is C25H26FN3O5. The van der Waals surface area contributed by atoms with Crippen LogP contribution in [0, 0.1) is 5.82 Å². The van der Waals surface area contributed by atoms with Gasteiger partial charge in [0, 0.05) is 17.4 Å². The summed E-state index contributed by atoms with van der Waals surface area (Å²) in [6.45, 7) is 1.55. The molecular weight excluding hydrogens is 441 g/mol. The van der Waals surface area contributed by atoms with Crippen molar-refractivity contribution in [2.24, 2.45) is 0 Å². The summed E-state index contributed by atoms with van der Waals surface area (Å²) >= 11 is 0. The Morgan fingerprint density at radius 3 is 2.65 bits per heavy atom. The number of nitrogens with two attached hydrogens (primary N) is 1. The fourth-order valence-electron chi connectivity index (χ4n) is 3.22. The number of aromatic nitrogens is 1. The molecule has 3 aromatic rings. The van der Waals surface area contributed by atoms with Gasteiger partial charge < -0.3 is 25.6 Å². The van der Waals surface area contributed by atoms with Gasteiger partial charge in [0.05, 0.1) is 18.3 Å². The highest BCUT2D eigenvalue weighted by atomic mass is 19.1. The van der Waals surface area contributed by atoms with E-state index < -0.39 is 30.0 Å². The number of rotatable bonds is 10. The van der Waals surface area contributed by atoms with Crippen LogP contribution in [-0.4, -0.2) is 34.9 Å². The Labute approximate surface area is 196 Å². The maximum Gasteiger partial charge on any atom is 0.408 e. The molecule has 0 saturated carbocycles. The molecule has 0 radical (unpaired) electrons. The van der Waals surface area contributed by atoms with E-state index in [1.165, 1.54) is 31.3 Å². The van der Waals surface area contributed by atoms with Crippen molar-refractivity contribution in [1.29, 1.82) is 0 Å². The molecule has 0 spiro atoms. The minimum Gasteiger partial charge on any atom is -0.479 e. The summed E-state index contributed by atoms with van der Waals surface area (Å²) in [5.41, 5.74) is 8.80. The quantitative estimate of drug-likeness (QED) is 0.379. The highest BCUT2D eigenvalue weighted by Crippen LogP contribution is 2.28. The Morgan fingerprint density at radius 1 is 1.15 bits per heavy atom. The lowest BCUT2D eigenvalue weighted by molar-refractivity contribution is -0.149. The molecule has 4 N–H and O–H groups in total. The summed E-state index contributed by atoms with van der Waals surface area (Å²) in [6, 6.07) is 16.0. The smallest absolute Gasteiger partial charge is 0.408 e. The van der Waals surface area contributed by atoms with Crippen LogP contribution in [0.5, 0.6) is 0 Å². The zero-order valence-electron chi connectivity index (χ0n) is 18.6. The molecule has 8 nitrogen and oxygen atoms in total. The van der Waals surface area contributed by atoms with E-state index in [4.69, 9.17) is 20.3 Å². The molecule has 2 aromatic carbocycles. The van der Waals surface area contributed by atoms with Gasteiger partial charge in [0.2, 0.25) is 0 Å². The van der Waals surface area contributed by atoms with E-state index in [0.717, 1.165) is 5.56 Å². The number of hydrogen-bond donors (Lipinski definition) is 3. The molecule has 2 atom stereocenters. The summed E-state index contributed by atoms with van der Waals surface area (Å²) in [5, 5.41) is 11.8. The van der Waals surface area contributed by atoms with Gasteiger partial charge in [-0.25, -0.2) is 14.0 Å². The van der Waals surface area contributed by atoms with Gasteiger partial charge in [-0.3, -0.25) is 4.98 Å². The number of hydrogen-bond acceptors (Lipinski definition) is 6. The van der Waals surface area contributed by atoms with Crippen molar-refractivity contribution in [3.8, 4) is 11.1 Å². The van der Waals surface area contributed by atoms with E-state index in [0.29, 0.717) is 22.5 Å². The van der Waals surface area contributed by atoms with Crippen LogP contribution >= 0.6 is 0 Å². The highest BCUT2D eigenvalue weighted by Gasteiger charge is 2.20. The van der Waals surface area contributed by atoms with Crippen LogP contribution in [0.3, 0.4) is 0 Å². The van der Waals surface area contributed by atoms with E-state index in [1.54, 1.807) is 12.1 Å². The number of nitrogens with one attached hydrogen (secondary N) is 1. The summed E-state index contributed by atoms with van der Waals surface area (Å²) in [4.78, 5) is 27.9. The number of nitrogens with zero attached hydrogens (tertiary/aromatic N) is 1. The number of carbonyl (C=O) groups excluding carboxylic acids is 1. The van der Waals surface area contributed by atoms with E-state index in [9.17, 15) is 14.0 Å². The second-order valence-electron chi connectivity index (χ2n) is 7.60. The number of halogens is 1. The summed E-state index contributed by atoms with van der Waals surface area (Å²) in [7, 11) is 0. The van der Waals surface area contributed by atoms with Crippen LogP contribution < -0.4 is 11.1 Å². The first kappa shape index (κ1) is 24.7. The van der Waals surface area contributed by atoms with Crippen LogP contribution in [0.25, 0.3) is 11.1 Å². The number of benzene rings is 2. The maximum absolute atomic E-state index is 13.8. The Kier molecular flexibility index (Phi) is 8.53. The van der Waals surface area contributed by atoms with Crippen LogP contribution in [0.1, 0.15) is 30.6 Å². The lowest BCUT2D eigenvalue weighted by Crippen LogP contribution is -2.31. The Balaban J connectivity index is 1.77. The van der Waals surface area contributed by atoms with Crippen molar-refractivity contribution in [2.45, 2.75) is 32.1 Å². The topological polar surface area (TPSA) is 124 Å². The number of aliphatic carboxylic acids is 1. The largest absolute Gasteiger partial charge is 0.479 e. The average Bonchev–Trinajstić information content (AvgIpc) is 2.84. The van der Waals surface area contributed by atoms with Crippen molar-refractivity contribution >= 4 is 17.7 Å². The van der Waals surface area contributed by atoms with Gasteiger partial charge in [0.25, 0.3) is 0 Å². The lowest BCUT2D eigenvalue weighted by atomic mass is 10.0. The van der Waals surface area contributed by atoms with Gasteiger partial charge in [-0.15, -0.1) is 0 Å². The summed E-state index contributed by atoms with van der Waals surface area (Å²) in [5.74, 6) is -1.52. The summed E-state index contributed by atoms with van der Waals surface area (Å²) in [6.07, 6.45) is 0.0852. The summed E-state index contributed by atoms with van der Waals surface area (Å²) < 4.78 is 24.4. The SMILES string of the molecule is CC(OCC[C@H](NC(=O)OCc1ccccc1)c1cc(-c2cc(F)ccc2N)ccn1)C(=O)O. The number of amides is 1. The molecule has 0 aliphatic carbocycles. The molecule has 9 heteroatoms. The molecule has 1 unspecified atom stereocenters. The molecule has 1 aromatic heterocycles. The minimum absolute atomic E-state index is 0.0467. The van der Waals surface area contributed by atoms with Crippen molar-refractivity contribution < 1.29 is 28.6 Å². The predicted octanol–water partition coefficient (Wildman–Crippen LogP) is 4.32. The second kappa shape index (κ2) is 11.8. The maximum atomic E-state index is 13.8. The van der Waals surface area contributed by atoms with E-state index >= 15 is 0 Å². The number of ether oxygens (including phenoxy) is 2. The van der Waals surface area contributed by atoms with Crippen LogP contribution in [0.15, 0.2) is 66.9 Å². The Hall–Kier alpha value is -3.98. The Bertz CT molecular complexity index is 1130. The zero-order valence-corrected chi connectivity index (χ0v) is 18.6. The normalized spacial score (nSPS) is 12.5. The predicted molar refractivity (Wildman–Crippen MR) is 124 cm³/mol. The number of pyridine rings is 1. The first-order chi connectivity index (χ1) is 16.3. The number of alkyl carbamates (subject to hydrolysis) is 1. The first-order valence-electron chi connectivity index (χ1n) is 10.7. The van der Waals surface area contributed by atoms with Crippen molar-refractivity contribution in [3.05, 3.63) is 83.9 Å². The molecule has 0 aliphatic rings. The molecule has 0 fully saturated rings. The first-order valence-corrected chi connectivity index (χ1v) is 10.7. The number of nitrogen functional groups attached to an aromatic ring is 1. The second-order valence-corrected chi connectivity index (χ2v) is 7.60. The number of carboxylic acid groups (broad SMARTS) is 1. The van der Waals surface area contributed by atoms with Crippen molar-refractivity contribution in [3.63, 3.8) is 0 Å². The van der Waals surface area contributed by atoms with Crippen molar-refractivity contribution in [1.82, 2.24) is 10.3 Å². The molecule has 1 heterocycles. The number of carboxylic acids is 1.